The number of nitrogens with one attached hydrogen (secondary N) is 1. The summed E-state index contributed by atoms with van der Waals surface area (Å²) >= 11 is 0. The lowest BCUT2D eigenvalue weighted by Crippen LogP contribution is -2.16. The van der Waals surface area contributed by atoms with Gasteiger partial charge in [-0.1, -0.05) is 0 Å². The summed E-state index contributed by atoms with van der Waals surface area (Å²) in [5.74, 6) is -2.95. The van der Waals surface area contributed by atoms with Crippen molar-refractivity contribution in [1.29, 1.82) is 0 Å². The summed E-state index contributed by atoms with van der Waals surface area (Å²) in [6, 6.07) is 0. The van der Waals surface area contributed by atoms with Crippen LogP contribution in [-0.2, 0) is 19.2 Å². The van der Waals surface area contributed by atoms with Crippen LogP contribution in [0, 0.1) is 0 Å². The number of rotatable bonds is 3. The Morgan fingerprint density at radius 1 is 1.24 bits per heavy atom. The Morgan fingerprint density at radius 3 is 1.59 bits per heavy atom. The molecule has 0 aromatic rings. The molecule has 0 bridgehead atoms. The van der Waals surface area contributed by atoms with Gasteiger partial charge in [-0.2, -0.15) is 0 Å². The van der Waals surface area contributed by atoms with Crippen LogP contribution in [0.3, 0.4) is 0 Å². The maximum absolute atomic E-state index is 9.70. The Bertz CT molecular complexity index is 259. The number of carboxylic acids is 2. The van der Waals surface area contributed by atoms with Gasteiger partial charge in [-0.3, -0.25) is 24.5 Å². The fraction of sp³-hybridized carbons (Fsp3) is 0.444. The predicted octanol–water partition coefficient (Wildman–Crippen LogP) is -0.468. The van der Waals surface area contributed by atoms with Gasteiger partial charge in [0.25, 0.3) is 0 Å². The van der Waals surface area contributed by atoms with Crippen LogP contribution in [-0.4, -0.2) is 47.7 Å². The van der Waals surface area contributed by atoms with E-state index in [2.05, 4.69) is 4.99 Å². The van der Waals surface area contributed by atoms with Crippen LogP contribution < -0.4 is 5.32 Å². The molecular weight excluding hydrogens is 232 g/mol. The van der Waals surface area contributed by atoms with E-state index in [9.17, 15) is 19.2 Å². The molecule has 98 valence electrons. The lowest BCUT2D eigenvalue weighted by atomic mass is 10.5. The van der Waals surface area contributed by atoms with Crippen LogP contribution in [0.4, 0.5) is 0 Å². The summed E-state index contributed by atoms with van der Waals surface area (Å²) in [5.41, 5.74) is 0. The SMILES string of the molecule is CC(=O)NC=O.CC=NC.O=C(O)CC(=O)O. The monoisotopic (exact) mass is 248 g/mol. The summed E-state index contributed by atoms with van der Waals surface area (Å²) in [7, 11) is 1.75. The Balaban J connectivity index is -0.000000180. The molecule has 0 saturated carbocycles. The maximum atomic E-state index is 9.70. The Hall–Kier alpha value is -2.25. The van der Waals surface area contributed by atoms with E-state index < -0.39 is 18.4 Å². The molecule has 2 amide bonds. The predicted molar refractivity (Wildman–Crippen MR) is 59.9 cm³/mol. The summed E-state index contributed by atoms with van der Waals surface area (Å²) in [6.07, 6.45) is 1.29. The van der Waals surface area contributed by atoms with Crippen molar-refractivity contribution in [1.82, 2.24) is 5.32 Å². The zero-order valence-corrected chi connectivity index (χ0v) is 9.84. The van der Waals surface area contributed by atoms with E-state index in [1.165, 1.54) is 6.92 Å². The van der Waals surface area contributed by atoms with E-state index in [0.717, 1.165) is 0 Å². The van der Waals surface area contributed by atoms with Crippen LogP contribution in [0.15, 0.2) is 4.99 Å². The third kappa shape index (κ3) is 57.4. The number of carbonyl (C=O) groups is 4. The number of hydrogen-bond acceptors (Lipinski definition) is 5. The molecule has 0 aromatic heterocycles. The average molecular weight is 248 g/mol. The van der Waals surface area contributed by atoms with Gasteiger partial charge in [-0.15, -0.1) is 0 Å². The molecule has 0 fully saturated rings. The minimum atomic E-state index is -1.31. The lowest BCUT2D eigenvalue weighted by molar-refractivity contribution is -0.147. The van der Waals surface area contributed by atoms with Crippen molar-refractivity contribution in [3.05, 3.63) is 0 Å². The van der Waals surface area contributed by atoms with Gasteiger partial charge in [0.1, 0.15) is 6.42 Å². The molecular formula is C9H16N2O6. The fourth-order valence-electron chi connectivity index (χ4n) is 0.212. The summed E-state index contributed by atoms with van der Waals surface area (Å²) in [6.45, 7) is 3.16. The van der Waals surface area contributed by atoms with E-state index >= 15 is 0 Å². The molecule has 0 heterocycles. The highest BCUT2D eigenvalue weighted by molar-refractivity contribution is 5.88. The summed E-state index contributed by atoms with van der Waals surface area (Å²) in [4.78, 5) is 41.5. The number of nitrogens with zero attached hydrogens (tertiary/aromatic N) is 1. The van der Waals surface area contributed by atoms with Crippen LogP contribution >= 0.6 is 0 Å². The standard InChI is InChI=1S/C3H5NO2.C3H7N.C3H4O4/c1-3(6)4-2-5;1-3-4-2;4-2(5)1-3(6)7/h2H,1H3,(H,4,5,6);3H,1-2H3;1H2,(H,4,5)(H,6,7). The van der Waals surface area contributed by atoms with Gasteiger partial charge < -0.3 is 15.2 Å². The molecule has 0 atom stereocenters. The van der Waals surface area contributed by atoms with E-state index in [0.29, 0.717) is 6.41 Å². The van der Waals surface area contributed by atoms with Gasteiger partial charge in [0.15, 0.2) is 0 Å². The number of carboxylic acid groups (broad SMARTS) is 2. The average Bonchev–Trinajstić information content (AvgIpc) is 2.16. The van der Waals surface area contributed by atoms with E-state index in [1.54, 1.807) is 13.3 Å². The van der Waals surface area contributed by atoms with Crippen molar-refractivity contribution < 1.29 is 29.4 Å². The summed E-state index contributed by atoms with van der Waals surface area (Å²) in [5, 5.41) is 17.3. The van der Waals surface area contributed by atoms with Crippen molar-refractivity contribution >= 4 is 30.5 Å². The molecule has 0 aromatic carbocycles. The van der Waals surface area contributed by atoms with Gasteiger partial charge in [0, 0.05) is 14.0 Å². The number of imide groups is 1. The van der Waals surface area contributed by atoms with E-state index in [1.807, 2.05) is 12.2 Å². The Labute approximate surface area is 98.4 Å². The Morgan fingerprint density at radius 2 is 1.59 bits per heavy atom. The minimum absolute atomic E-state index is 0.329. The van der Waals surface area contributed by atoms with Crippen LogP contribution in [0.2, 0.25) is 0 Å². The number of aliphatic imine (C=N–C) groups is 1. The smallest absolute Gasteiger partial charge is 0.314 e. The highest BCUT2D eigenvalue weighted by Crippen LogP contribution is 1.74. The van der Waals surface area contributed by atoms with E-state index in [4.69, 9.17) is 10.2 Å². The van der Waals surface area contributed by atoms with Crippen molar-refractivity contribution in [3.8, 4) is 0 Å². The van der Waals surface area contributed by atoms with Crippen LogP contribution in [0.25, 0.3) is 0 Å². The van der Waals surface area contributed by atoms with Gasteiger partial charge in [0.05, 0.1) is 0 Å². The molecule has 0 spiro atoms. The molecule has 0 saturated heterocycles. The van der Waals surface area contributed by atoms with Crippen molar-refractivity contribution in [2.45, 2.75) is 20.3 Å². The lowest BCUT2D eigenvalue weighted by Gasteiger charge is -1.80. The highest BCUT2D eigenvalue weighted by atomic mass is 16.4. The molecule has 17 heavy (non-hydrogen) atoms. The molecule has 0 aliphatic rings. The number of aliphatic carboxylic acids is 2. The minimum Gasteiger partial charge on any atom is -0.481 e. The first-order valence-corrected chi connectivity index (χ1v) is 4.32. The van der Waals surface area contributed by atoms with Crippen molar-refractivity contribution in [3.63, 3.8) is 0 Å². The van der Waals surface area contributed by atoms with E-state index in [-0.39, 0.29) is 5.91 Å². The molecule has 0 unspecified atom stereocenters. The van der Waals surface area contributed by atoms with Gasteiger partial charge in [0.2, 0.25) is 12.3 Å². The third-order valence-electron chi connectivity index (χ3n) is 0.823. The first-order valence-electron chi connectivity index (χ1n) is 4.32. The molecule has 0 radical (unpaired) electrons. The van der Waals surface area contributed by atoms with Crippen LogP contribution in [0.1, 0.15) is 20.3 Å². The van der Waals surface area contributed by atoms with Gasteiger partial charge >= 0.3 is 11.9 Å². The normalized spacial score (nSPS) is 7.94. The number of hydrogen-bond donors (Lipinski definition) is 3. The third-order valence-corrected chi connectivity index (χ3v) is 0.823. The fourth-order valence-corrected chi connectivity index (χ4v) is 0.212. The zero-order valence-electron chi connectivity index (χ0n) is 9.84. The zero-order chi connectivity index (χ0) is 14.3. The molecule has 0 aliphatic heterocycles. The van der Waals surface area contributed by atoms with Crippen molar-refractivity contribution in [2.75, 3.05) is 7.05 Å². The largest absolute Gasteiger partial charge is 0.481 e. The molecule has 8 heteroatoms. The first kappa shape index (κ1) is 20.2. The Kier molecular flexibility index (Phi) is 19.2. The van der Waals surface area contributed by atoms with Gasteiger partial charge in [-0.05, 0) is 13.1 Å². The van der Waals surface area contributed by atoms with Gasteiger partial charge in [-0.25, -0.2) is 0 Å². The molecule has 0 aliphatic carbocycles. The number of carbonyl (C=O) groups excluding carboxylic acids is 2. The van der Waals surface area contributed by atoms with Crippen LogP contribution in [0.5, 0.6) is 0 Å². The molecule has 3 N–H and O–H groups in total. The second kappa shape index (κ2) is 16.2. The first-order chi connectivity index (χ1) is 7.81. The quantitative estimate of drug-likeness (QED) is 0.351. The highest BCUT2D eigenvalue weighted by Gasteiger charge is 2.01. The van der Waals surface area contributed by atoms with Crippen molar-refractivity contribution in [2.24, 2.45) is 4.99 Å². The second-order valence-electron chi connectivity index (χ2n) is 2.30. The molecule has 8 nitrogen and oxygen atoms in total. The topological polar surface area (TPSA) is 133 Å². The second-order valence-corrected chi connectivity index (χ2v) is 2.30. The summed E-state index contributed by atoms with van der Waals surface area (Å²) < 4.78 is 0. The maximum Gasteiger partial charge on any atom is 0.314 e. The molecule has 0 rings (SSSR count). The number of amides is 2.